The molecule has 0 fully saturated rings. The molecule has 1 heterocycles. The number of hydrogen-bond acceptors (Lipinski definition) is 5. The van der Waals surface area contributed by atoms with Crippen LogP contribution in [0.3, 0.4) is 0 Å². The summed E-state index contributed by atoms with van der Waals surface area (Å²) in [5, 5.41) is 2.66. The van der Waals surface area contributed by atoms with E-state index in [9.17, 15) is 39.6 Å². The summed E-state index contributed by atoms with van der Waals surface area (Å²) in [4.78, 5) is 19.4. The lowest BCUT2D eigenvalue weighted by atomic mass is 10.0. The lowest BCUT2D eigenvalue weighted by Gasteiger charge is -2.34. The Hall–Kier alpha value is -3.10. The van der Waals surface area contributed by atoms with Gasteiger partial charge in [-0.3, -0.25) is 4.72 Å². The van der Waals surface area contributed by atoms with Crippen molar-refractivity contribution in [3.63, 3.8) is 0 Å². The maximum Gasteiger partial charge on any atom is 0.420 e. The number of hydrogen-bond donors (Lipinski definition) is 3. The number of aromatic nitrogens is 2. The number of alkyl halides is 6. The number of aryl methyl sites for hydroxylation is 2. The van der Waals surface area contributed by atoms with Crippen molar-refractivity contribution >= 4 is 27.6 Å². The Morgan fingerprint density at radius 2 is 1.47 bits per heavy atom. The monoisotopic (exact) mass is 485 g/mol. The van der Waals surface area contributed by atoms with E-state index in [0.717, 1.165) is 29.6 Å². The zero-order valence-corrected chi connectivity index (χ0v) is 17.5. The standard InChI is InChI=1S/C17H17F6N5O3S/c1-9-8-13(25-10(2)24-9)28-32(30,31)12-6-4-11(5-7-12)26-14(29)27-15(3,16(18,19)20)17(21,22)23/h4-8H,1-3H3,(H,24,25,28)(H2,26,27,29). The van der Waals surface area contributed by atoms with Gasteiger partial charge in [0.15, 0.2) is 0 Å². The molecule has 8 nitrogen and oxygen atoms in total. The second-order valence-corrected chi connectivity index (χ2v) is 8.45. The molecular formula is C17H17F6N5O3S. The Morgan fingerprint density at radius 3 is 1.94 bits per heavy atom. The molecule has 1 aromatic heterocycles. The van der Waals surface area contributed by atoms with Gasteiger partial charge < -0.3 is 10.6 Å². The molecule has 0 bridgehead atoms. The van der Waals surface area contributed by atoms with Crippen molar-refractivity contribution in [1.82, 2.24) is 15.3 Å². The summed E-state index contributed by atoms with van der Waals surface area (Å²) < 4.78 is 104. The molecule has 2 amide bonds. The number of urea groups is 1. The topological polar surface area (TPSA) is 113 Å². The van der Waals surface area contributed by atoms with E-state index in [1.807, 2.05) is 0 Å². The predicted octanol–water partition coefficient (Wildman–Crippen LogP) is 3.90. The quantitative estimate of drug-likeness (QED) is 0.556. The fourth-order valence-corrected chi connectivity index (χ4v) is 3.37. The lowest BCUT2D eigenvalue weighted by molar-refractivity contribution is -0.297. The van der Waals surface area contributed by atoms with Crippen LogP contribution in [0.15, 0.2) is 35.2 Å². The molecule has 32 heavy (non-hydrogen) atoms. The Labute approximate surface area is 178 Å². The van der Waals surface area contributed by atoms with E-state index in [2.05, 4.69) is 14.7 Å². The highest BCUT2D eigenvalue weighted by atomic mass is 32.2. The molecule has 0 spiro atoms. The van der Waals surface area contributed by atoms with Crippen molar-refractivity contribution in [2.45, 2.75) is 43.6 Å². The van der Waals surface area contributed by atoms with Gasteiger partial charge in [0.25, 0.3) is 10.0 Å². The first-order valence-electron chi connectivity index (χ1n) is 8.62. The van der Waals surface area contributed by atoms with E-state index in [4.69, 9.17) is 0 Å². The van der Waals surface area contributed by atoms with Gasteiger partial charge in [-0.2, -0.15) is 26.3 Å². The Kier molecular flexibility index (Phi) is 6.64. The maximum absolute atomic E-state index is 12.9. The van der Waals surface area contributed by atoms with E-state index in [1.54, 1.807) is 19.2 Å². The van der Waals surface area contributed by atoms with Crippen LogP contribution < -0.4 is 15.4 Å². The fourth-order valence-electron chi connectivity index (χ4n) is 2.38. The van der Waals surface area contributed by atoms with Crippen LogP contribution in [0.2, 0.25) is 0 Å². The Bertz CT molecular complexity index is 1070. The number of carbonyl (C=O) groups is 1. The minimum Gasteiger partial charge on any atom is -0.316 e. The van der Waals surface area contributed by atoms with Gasteiger partial charge in [0.05, 0.1) is 4.90 Å². The van der Waals surface area contributed by atoms with Gasteiger partial charge in [-0.1, -0.05) is 0 Å². The van der Waals surface area contributed by atoms with Gasteiger partial charge in [0, 0.05) is 17.4 Å². The molecule has 0 radical (unpaired) electrons. The summed E-state index contributed by atoms with van der Waals surface area (Å²) in [6.07, 6.45) is -11.6. The molecule has 2 aromatic rings. The fraction of sp³-hybridized carbons (Fsp3) is 0.353. The van der Waals surface area contributed by atoms with Crippen molar-refractivity contribution in [3.05, 3.63) is 41.9 Å². The van der Waals surface area contributed by atoms with Crippen molar-refractivity contribution < 1.29 is 39.6 Å². The largest absolute Gasteiger partial charge is 0.420 e. The molecule has 0 saturated heterocycles. The van der Waals surface area contributed by atoms with Crippen LogP contribution in [-0.4, -0.2) is 42.3 Å². The van der Waals surface area contributed by atoms with Gasteiger partial charge in [-0.25, -0.2) is 23.2 Å². The van der Waals surface area contributed by atoms with Crippen LogP contribution in [-0.2, 0) is 10.0 Å². The van der Waals surface area contributed by atoms with E-state index in [-0.39, 0.29) is 23.3 Å². The summed E-state index contributed by atoms with van der Waals surface area (Å²) in [5.74, 6) is 0.313. The molecule has 0 aliphatic heterocycles. The molecule has 0 aliphatic carbocycles. The average Bonchev–Trinajstić information content (AvgIpc) is 2.58. The summed E-state index contributed by atoms with van der Waals surface area (Å²) in [6, 6.07) is 3.55. The third-order valence-electron chi connectivity index (χ3n) is 4.12. The van der Waals surface area contributed by atoms with Crippen LogP contribution in [0.5, 0.6) is 0 Å². The number of sulfonamides is 1. The first-order valence-corrected chi connectivity index (χ1v) is 10.1. The molecule has 3 N–H and O–H groups in total. The van der Waals surface area contributed by atoms with E-state index in [1.165, 1.54) is 6.07 Å². The van der Waals surface area contributed by atoms with Gasteiger partial charge in [-0.15, -0.1) is 0 Å². The number of rotatable bonds is 5. The number of nitrogens with zero attached hydrogens (tertiary/aromatic N) is 2. The van der Waals surface area contributed by atoms with Crippen molar-refractivity contribution in [2.75, 3.05) is 10.0 Å². The molecule has 2 rings (SSSR count). The smallest absolute Gasteiger partial charge is 0.316 e. The minimum atomic E-state index is -5.82. The third-order valence-corrected chi connectivity index (χ3v) is 5.50. The highest BCUT2D eigenvalue weighted by Gasteiger charge is 2.68. The van der Waals surface area contributed by atoms with E-state index >= 15 is 0 Å². The van der Waals surface area contributed by atoms with Gasteiger partial charge in [0.2, 0.25) is 5.54 Å². The van der Waals surface area contributed by atoms with Crippen LogP contribution in [0, 0.1) is 13.8 Å². The third kappa shape index (κ3) is 5.57. The zero-order valence-electron chi connectivity index (χ0n) is 16.7. The van der Waals surface area contributed by atoms with Crippen LogP contribution in [0.25, 0.3) is 0 Å². The maximum atomic E-state index is 12.9. The first-order chi connectivity index (χ1) is 14.4. The van der Waals surface area contributed by atoms with Crippen LogP contribution in [0.1, 0.15) is 18.4 Å². The number of carbonyl (C=O) groups excluding carboxylic acids is 1. The second-order valence-electron chi connectivity index (χ2n) is 6.77. The van der Waals surface area contributed by atoms with Gasteiger partial charge in [0.1, 0.15) is 11.6 Å². The Balaban J connectivity index is 2.16. The normalized spacial score (nSPS) is 12.9. The van der Waals surface area contributed by atoms with Crippen LogP contribution >= 0.6 is 0 Å². The minimum absolute atomic E-state index is 0.00448. The molecule has 0 unspecified atom stereocenters. The molecule has 15 heteroatoms. The summed E-state index contributed by atoms with van der Waals surface area (Å²) in [7, 11) is -4.13. The van der Waals surface area contributed by atoms with Gasteiger partial charge >= 0.3 is 18.4 Å². The first kappa shape index (κ1) is 25.2. The van der Waals surface area contributed by atoms with E-state index < -0.39 is 33.9 Å². The average molecular weight is 485 g/mol. The summed E-state index contributed by atoms with van der Waals surface area (Å²) in [5.41, 5.74) is -4.24. The molecule has 176 valence electrons. The molecule has 0 saturated carbocycles. The highest BCUT2D eigenvalue weighted by Crippen LogP contribution is 2.42. The molecule has 1 aromatic carbocycles. The number of nitrogens with one attached hydrogen (secondary N) is 3. The summed E-state index contributed by atoms with van der Waals surface area (Å²) in [6.45, 7) is 2.96. The zero-order chi connectivity index (χ0) is 24.5. The second kappa shape index (κ2) is 8.44. The van der Waals surface area contributed by atoms with E-state index in [0.29, 0.717) is 11.5 Å². The predicted molar refractivity (Wildman–Crippen MR) is 101 cm³/mol. The number of benzene rings is 1. The lowest BCUT2D eigenvalue weighted by Crippen LogP contribution is -2.66. The van der Waals surface area contributed by atoms with Crippen LogP contribution in [0.4, 0.5) is 42.6 Å². The number of amides is 2. The molecular weight excluding hydrogens is 468 g/mol. The summed E-state index contributed by atoms with van der Waals surface area (Å²) >= 11 is 0. The molecule has 0 atom stereocenters. The number of anilines is 2. The van der Waals surface area contributed by atoms with Crippen molar-refractivity contribution in [1.29, 1.82) is 0 Å². The highest BCUT2D eigenvalue weighted by molar-refractivity contribution is 7.92. The van der Waals surface area contributed by atoms with Gasteiger partial charge in [-0.05, 0) is 45.0 Å². The molecule has 0 aliphatic rings. The van der Waals surface area contributed by atoms with Crippen molar-refractivity contribution in [3.8, 4) is 0 Å². The Morgan fingerprint density at radius 1 is 0.938 bits per heavy atom. The van der Waals surface area contributed by atoms with Crippen molar-refractivity contribution in [2.24, 2.45) is 0 Å². The number of halogens is 6. The SMILES string of the molecule is Cc1cc(NS(=O)(=O)c2ccc(NC(=O)NC(C)(C(F)(F)F)C(F)(F)F)cc2)nc(C)n1.